The third-order valence-corrected chi connectivity index (χ3v) is 8.29. The van der Waals surface area contributed by atoms with Crippen LogP contribution in [0.5, 0.6) is 0 Å². The van der Waals surface area contributed by atoms with Crippen molar-refractivity contribution in [3.05, 3.63) is 71.3 Å². The van der Waals surface area contributed by atoms with Crippen LogP contribution in [0.15, 0.2) is 53.4 Å². The molecule has 2 aliphatic rings. The van der Waals surface area contributed by atoms with Crippen LogP contribution in [0.25, 0.3) is 6.08 Å². The maximum atomic E-state index is 13.8. The third kappa shape index (κ3) is 3.21. The monoisotopic (exact) mass is 389 g/mol. The molecular weight excluding hydrogens is 368 g/mol. The number of piperidine rings is 1. The minimum atomic E-state index is -3.42. The molecule has 1 saturated heterocycles. The van der Waals surface area contributed by atoms with Gasteiger partial charge in [-0.25, -0.2) is 17.2 Å². The summed E-state index contributed by atoms with van der Waals surface area (Å²) >= 11 is 0. The number of halogens is 2. The molecule has 0 aliphatic carbocycles. The van der Waals surface area contributed by atoms with Gasteiger partial charge in [-0.05, 0) is 55.6 Å². The zero-order valence-electron chi connectivity index (χ0n) is 14.9. The maximum Gasteiger partial charge on any atom is 0.188 e. The van der Waals surface area contributed by atoms with Gasteiger partial charge in [-0.3, -0.25) is 0 Å². The third-order valence-electron chi connectivity index (χ3n) is 5.73. The number of nitrogens with zero attached hydrogens (tertiary/aromatic N) is 1. The van der Waals surface area contributed by atoms with E-state index in [2.05, 4.69) is 4.90 Å². The van der Waals surface area contributed by atoms with Gasteiger partial charge in [0.1, 0.15) is 11.6 Å². The summed E-state index contributed by atoms with van der Waals surface area (Å²) in [7, 11) is -3.42. The van der Waals surface area contributed by atoms with Crippen LogP contribution in [0, 0.1) is 11.6 Å². The van der Waals surface area contributed by atoms with Gasteiger partial charge in [0.05, 0.1) is 9.64 Å². The molecule has 0 atom stereocenters. The average molecular weight is 389 g/mol. The van der Waals surface area contributed by atoms with Crippen molar-refractivity contribution in [2.75, 3.05) is 19.6 Å². The van der Waals surface area contributed by atoms with Crippen LogP contribution in [-0.4, -0.2) is 37.7 Å². The van der Waals surface area contributed by atoms with E-state index in [-0.39, 0.29) is 0 Å². The Morgan fingerprint density at radius 3 is 2.52 bits per heavy atom. The van der Waals surface area contributed by atoms with Gasteiger partial charge in [0.25, 0.3) is 0 Å². The van der Waals surface area contributed by atoms with E-state index in [1.165, 1.54) is 12.1 Å². The second kappa shape index (κ2) is 6.84. The maximum absolute atomic E-state index is 13.8. The summed E-state index contributed by atoms with van der Waals surface area (Å²) in [6.45, 7) is 1.89. The topological polar surface area (TPSA) is 37.4 Å². The predicted octanol–water partition coefficient (Wildman–Crippen LogP) is 3.84. The molecule has 1 fully saturated rings. The summed E-state index contributed by atoms with van der Waals surface area (Å²) in [5, 5.41) is 0. The number of fused-ring (bicyclic) bond motifs is 1. The molecule has 0 N–H and O–H groups in total. The fourth-order valence-corrected chi connectivity index (χ4v) is 6.12. The molecular formula is C21H21F2NO2S. The first-order valence-corrected chi connectivity index (χ1v) is 10.6. The van der Waals surface area contributed by atoms with E-state index in [4.69, 9.17) is 0 Å². The summed E-state index contributed by atoms with van der Waals surface area (Å²) in [6.07, 6.45) is 5.28. The van der Waals surface area contributed by atoms with Crippen LogP contribution in [-0.2, 0) is 16.3 Å². The lowest BCUT2D eigenvalue weighted by Gasteiger charge is -2.41. The first-order valence-electron chi connectivity index (χ1n) is 9.10. The lowest BCUT2D eigenvalue weighted by atomic mass is 9.93. The van der Waals surface area contributed by atoms with E-state index >= 15 is 0 Å². The molecule has 142 valence electrons. The fraction of sp³-hybridized carbons (Fsp3) is 0.333. The zero-order valence-corrected chi connectivity index (χ0v) is 15.7. The number of benzene rings is 2. The molecule has 2 aliphatic heterocycles. The fourth-order valence-electron chi connectivity index (χ4n) is 4.01. The van der Waals surface area contributed by atoms with Crippen LogP contribution in [0.3, 0.4) is 0 Å². The molecule has 6 heteroatoms. The molecule has 3 nitrogen and oxygen atoms in total. The highest BCUT2D eigenvalue weighted by Crippen LogP contribution is 2.41. The lowest BCUT2D eigenvalue weighted by molar-refractivity contribution is 0.212. The van der Waals surface area contributed by atoms with E-state index in [0.717, 1.165) is 11.6 Å². The highest BCUT2D eigenvalue weighted by atomic mass is 32.2. The molecule has 27 heavy (non-hydrogen) atoms. The zero-order chi connectivity index (χ0) is 19.1. The number of rotatable bonds is 3. The molecule has 0 bridgehead atoms. The van der Waals surface area contributed by atoms with E-state index < -0.39 is 26.2 Å². The summed E-state index contributed by atoms with van der Waals surface area (Å²) in [6, 6.07) is 10.7. The first-order chi connectivity index (χ1) is 12.9. The van der Waals surface area contributed by atoms with Crippen molar-refractivity contribution in [1.82, 2.24) is 4.90 Å². The molecule has 0 radical (unpaired) electrons. The number of sulfone groups is 1. The molecule has 2 aromatic carbocycles. The summed E-state index contributed by atoms with van der Waals surface area (Å²) < 4.78 is 52.3. The molecule has 2 heterocycles. The second-order valence-corrected chi connectivity index (χ2v) is 9.53. The van der Waals surface area contributed by atoms with Crippen molar-refractivity contribution in [2.45, 2.75) is 28.9 Å². The van der Waals surface area contributed by atoms with Crippen molar-refractivity contribution >= 4 is 15.9 Å². The summed E-state index contributed by atoms with van der Waals surface area (Å²) in [4.78, 5) is 2.56. The number of likely N-dealkylation sites (tertiary alicyclic amines) is 1. The van der Waals surface area contributed by atoms with E-state index in [1.54, 1.807) is 12.1 Å². The van der Waals surface area contributed by atoms with Crippen molar-refractivity contribution in [2.24, 2.45) is 0 Å². The molecule has 4 rings (SSSR count). The second-order valence-electron chi connectivity index (χ2n) is 7.27. The van der Waals surface area contributed by atoms with Crippen LogP contribution in [0.4, 0.5) is 8.78 Å². The minimum absolute atomic E-state index is 0.411. The van der Waals surface area contributed by atoms with Gasteiger partial charge < -0.3 is 4.90 Å². The van der Waals surface area contributed by atoms with Crippen LogP contribution in [0.2, 0.25) is 0 Å². The van der Waals surface area contributed by atoms with Crippen LogP contribution < -0.4 is 0 Å². The van der Waals surface area contributed by atoms with Crippen molar-refractivity contribution in [3.8, 4) is 0 Å². The molecule has 0 saturated carbocycles. The highest BCUT2D eigenvalue weighted by molar-refractivity contribution is 7.93. The Bertz CT molecular complexity index is 993. The quantitative estimate of drug-likeness (QED) is 0.800. The molecule has 1 spiro atoms. The lowest BCUT2D eigenvalue weighted by Crippen LogP contribution is -2.49. The number of hydrogen-bond acceptors (Lipinski definition) is 3. The Morgan fingerprint density at radius 2 is 1.78 bits per heavy atom. The Hall–Kier alpha value is -2.05. The summed E-state index contributed by atoms with van der Waals surface area (Å²) in [5.41, 5.74) is 1.23. The van der Waals surface area contributed by atoms with E-state index in [1.807, 2.05) is 24.3 Å². The first kappa shape index (κ1) is 18.3. The highest BCUT2D eigenvalue weighted by Gasteiger charge is 2.47. The normalized spacial score (nSPS) is 20.5. The van der Waals surface area contributed by atoms with Crippen LogP contribution in [0.1, 0.15) is 24.0 Å². The molecule has 0 aromatic heterocycles. The Labute approximate surface area is 158 Å². The van der Waals surface area contributed by atoms with Crippen molar-refractivity contribution in [1.29, 1.82) is 0 Å². The Kier molecular flexibility index (Phi) is 4.64. The SMILES string of the molecule is O=S1(=O)c2ccccc2C=CC12CCN(CCc1ccc(F)cc1F)CC2. The standard InChI is InChI=1S/C21H21F2NO2S/c22-18-6-5-16(19(23)15-18)8-12-24-13-10-21(11-14-24)9-7-17-3-1-2-4-20(17)27(21,25)26/h1-7,9,15H,8,10-14H2. The van der Waals surface area contributed by atoms with Gasteiger partial charge in [-0.2, -0.15) is 0 Å². The largest absolute Gasteiger partial charge is 0.303 e. The van der Waals surface area contributed by atoms with Gasteiger partial charge in [0.15, 0.2) is 9.84 Å². The van der Waals surface area contributed by atoms with E-state index in [9.17, 15) is 17.2 Å². The Morgan fingerprint density at radius 1 is 1.04 bits per heavy atom. The van der Waals surface area contributed by atoms with Gasteiger partial charge in [0.2, 0.25) is 0 Å². The summed E-state index contributed by atoms with van der Waals surface area (Å²) in [5.74, 6) is -1.11. The molecule has 2 aromatic rings. The van der Waals surface area contributed by atoms with Crippen molar-refractivity contribution in [3.63, 3.8) is 0 Å². The Balaban J connectivity index is 1.45. The minimum Gasteiger partial charge on any atom is -0.303 e. The average Bonchev–Trinajstić information content (AvgIpc) is 2.66. The molecule has 0 amide bonds. The van der Waals surface area contributed by atoms with Crippen molar-refractivity contribution < 1.29 is 17.2 Å². The number of hydrogen-bond donors (Lipinski definition) is 0. The van der Waals surface area contributed by atoms with Gasteiger partial charge in [-0.15, -0.1) is 0 Å². The van der Waals surface area contributed by atoms with E-state index in [0.29, 0.717) is 49.4 Å². The van der Waals surface area contributed by atoms with Gasteiger partial charge in [0, 0.05) is 12.6 Å². The van der Waals surface area contributed by atoms with Crippen LogP contribution >= 0.6 is 0 Å². The smallest absolute Gasteiger partial charge is 0.188 e. The molecule has 0 unspecified atom stereocenters. The van der Waals surface area contributed by atoms with Gasteiger partial charge in [-0.1, -0.05) is 36.4 Å². The predicted molar refractivity (Wildman–Crippen MR) is 101 cm³/mol. The van der Waals surface area contributed by atoms with Gasteiger partial charge >= 0.3 is 0 Å².